The highest BCUT2D eigenvalue weighted by molar-refractivity contribution is 9.10. The lowest BCUT2D eigenvalue weighted by molar-refractivity contribution is 0.601. The van der Waals surface area contributed by atoms with Crippen LogP contribution in [0.1, 0.15) is 17.2 Å². The number of anilines is 1. The maximum atomic E-state index is 11.9. The van der Waals surface area contributed by atoms with E-state index in [2.05, 4.69) is 26.2 Å². The Morgan fingerprint density at radius 3 is 2.36 bits per heavy atom. The van der Waals surface area contributed by atoms with Crippen LogP contribution in [0.25, 0.3) is 0 Å². The summed E-state index contributed by atoms with van der Waals surface area (Å²) in [6.45, 7) is 0. The molecule has 0 radical (unpaired) electrons. The second-order valence-electron chi connectivity index (χ2n) is 5.72. The number of hydrogen-bond acceptors (Lipinski definition) is 4. The van der Waals surface area contributed by atoms with Crippen LogP contribution in [-0.2, 0) is 9.84 Å². The molecule has 0 fully saturated rings. The van der Waals surface area contributed by atoms with E-state index in [0.717, 1.165) is 21.3 Å². The molecule has 3 rings (SSSR count). The molecule has 0 aliphatic heterocycles. The number of aromatic nitrogens is 1. The van der Waals surface area contributed by atoms with Gasteiger partial charge in [-0.25, -0.2) is 8.42 Å². The SMILES string of the molecule is CS(=O)(=O)c1cccc(C(Nc2cncc(Br)c2)c2ccccc2)c1. The lowest BCUT2D eigenvalue weighted by Gasteiger charge is -2.21. The van der Waals surface area contributed by atoms with E-state index in [9.17, 15) is 8.42 Å². The molecule has 1 unspecified atom stereocenters. The Bertz CT molecular complexity index is 975. The molecule has 1 atom stereocenters. The molecule has 3 aromatic rings. The van der Waals surface area contributed by atoms with Crippen molar-refractivity contribution < 1.29 is 8.42 Å². The van der Waals surface area contributed by atoms with Crippen molar-refractivity contribution in [3.8, 4) is 0 Å². The highest BCUT2D eigenvalue weighted by atomic mass is 79.9. The van der Waals surface area contributed by atoms with E-state index in [1.807, 2.05) is 42.5 Å². The van der Waals surface area contributed by atoms with Gasteiger partial charge in [-0.2, -0.15) is 0 Å². The first-order valence-electron chi connectivity index (χ1n) is 7.65. The fourth-order valence-corrected chi connectivity index (χ4v) is 3.63. The summed E-state index contributed by atoms with van der Waals surface area (Å²) in [5.74, 6) is 0. The number of rotatable bonds is 5. The molecule has 0 bridgehead atoms. The number of halogens is 1. The topological polar surface area (TPSA) is 59.1 Å². The van der Waals surface area contributed by atoms with Gasteiger partial charge in [-0.3, -0.25) is 4.98 Å². The zero-order chi connectivity index (χ0) is 17.9. The van der Waals surface area contributed by atoms with Crippen LogP contribution in [0.5, 0.6) is 0 Å². The summed E-state index contributed by atoms with van der Waals surface area (Å²) in [6.07, 6.45) is 4.67. The number of sulfone groups is 1. The quantitative estimate of drug-likeness (QED) is 0.667. The number of nitrogens with zero attached hydrogens (tertiary/aromatic N) is 1. The van der Waals surface area contributed by atoms with Crippen LogP contribution in [0.4, 0.5) is 5.69 Å². The van der Waals surface area contributed by atoms with Gasteiger partial charge in [0.25, 0.3) is 0 Å². The third kappa shape index (κ3) is 4.46. The molecule has 1 heterocycles. The Kier molecular flexibility index (Phi) is 5.20. The van der Waals surface area contributed by atoms with Gasteiger partial charge in [-0.1, -0.05) is 42.5 Å². The van der Waals surface area contributed by atoms with Crippen molar-refractivity contribution in [1.29, 1.82) is 0 Å². The van der Waals surface area contributed by atoms with Gasteiger partial charge >= 0.3 is 0 Å². The van der Waals surface area contributed by atoms with Crippen molar-refractivity contribution in [1.82, 2.24) is 4.98 Å². The standard InChI is InChI=1S/C19H17BrN2O2S/c1-25(23,24)18-9-5-8-15(10-18)19(14-6-3-2-4-7-14)22-17-11-16(20)12-21-13-17/h2-13,19,22H,1H3. The molecule has 0 spiro atoms. The van der Waals surface area contributed by atoms with Crippen LogP contribution in [0.3, 0.4) is 0 Å². The summed E-state index contributed by atoms with van der Waals surface area (Å²) in [5, 5.41) is 3.44. The predicted molar refractivity (Wildman–Crippen MR) is 103 cm³/mol. The Labute approximate surface area is 156 Å². The fourth-order valence-electron chi connectivity index (χ4n) is 2.59. The summed E-state index contributed by atoms with van der Waals surface area (Å²) >= 11 is 3.42. The first-order valence-corrected chi connectivity index (χ1v) is 10.3. The van der Waals surface area contributed by atoms with Gasteiger partial charge in [0, 0.05) is 16.9 Å². The van der Waals surface area contributed by atoms with Crippen molar-refractivity contribution >= 4 is 31.5 Å². The molecule has 6 heteroatoms. The molecule has 0 aliphatic rings. The molecule has 25 heavy (non-hydrogen) atoms. The van der Waals surface area contributed by atoms with Gasteiger partial charge < -0.3 is 5.32 Å². The van der Waals surface area contributed by atoms with Crippen LogP contribution < -0.4 is 5.32 Å². The first kappa shape index (κ1) is 17.6. The zero-order valence-corrected chi connectivity index (χ0v) is 16.0. The van der Waals surface area contributed by atoms with E-state index in [4.69, 9.17) is 0 Å². The second kappa shape index (κ2) is 7.37. The van der Waals surface area contributed by atoms with E-state index < -0.39 is 9.84 Å². The Morgan fingerprint density at radius 1 is 0.960 bits per heavy atom. The second-order valence-corrected chi connectivity index (χ2v) is 8.66. The third-order valence-electron chi connectivity index (χ3n) is 3.77. The van der Waals surface area contributed by atoms with Crippen LogP contribution in [-0.4, -0.2) is 19.7 Å². The van der Waals surface area contributed by atoms with Crippen LogP contribution in [0.15, 0.2) is 82.4 Å². The molecular weight excluding hydrogens is 400 g/mol. The highest BCUT2D eigenvalue weighted by Gasteiger charge is 2.17. The van der Waals surface area contributed by atoms with E-state index in [1.54, 1.807) is 30.6 Å². The molecular formula is C19H17BrN2O2S. The molecule has 0 amide bonds. The minimum Gasteiger partial charge on any atom is -0.373 e. The van der Waals surface area contributed by atoms with Crippen molar-refractivity contribution in [3.05, 3.63) is 88.7 Å². The summed E-state index contributed by atoms with van der Waals surface area (Å²) in [4.78, 5) is 4.48. The van der Waals surface area contributed by atoms with E-state index >= 15 is 0 Å². The predicted octanol–water partition coefficient (Wildman–Crippen LogP) is 4.45. The summed E-state index contributed by atoms with van der Waals surface area (Å²) in [7, 11) is -3.27. The molecule has 0 aliphatic carbocycles. The van der Waals surface area contributed by atoms with Crippen LogP contribution in [0, 0.1) is 0 Å². The van der Waals surface area contributed by atoms with Gasteiger partial charge in [0.1, 0.15) is 0 Å². The van der Waals surface area contributed by atoms with Gasteiger partial charge in [-0.15, -0.1) is 0 Å². The zero-order valence-electron chi connectivity index (χ0n) is 13.6. The maximum Gasteiger partial charge on any atom is 0.175 e. The Hall–Kier alpha value is -2.18. The molecule has 4 nitrogen and oxygen atoms in total. The van der Waals surface area contributed by atoms with Crippen molar-refractivity contribution in [2.75, 3.05) is 11.6 Å². The maximum absolute atomic E-state index is 11.9. The molecule has 2 aromatic carbocycles. The average Bonchev–Trinajstić information content (AvgIpc) is 2.60. The Morgan fingerprint density at radius 2 is 1.68 bits per heavy atom. The van der Waals surface area contributed by atoms with E-state index in [-0.39, 0.29) is 6.04 Å². The molecule has 0 saturated heterocycles. The lowest BCUT2D eigenvalue weighted by Crippen LogP contribution is -2.13. The van der Waals surface area contributed by atoms with Gasteiger partial charge in [0.15, 0.2) is 9.84 Å². The number of pyridine rings is 1. The average molecular weight is 417 g/mol. The molecule has 1 N–H and O–H groups in total. The molecule has 128 valence electrons. The first-order chi connectivity index (χ1) is 11.9. The lowest BCUT2D eigenvalue weighted by atomic mass is 9.98. The van der Waals surface area contributed by atoms with Crippen LogP contribution >= 0.6 is 15.9 Å². The minimum absolute atomic E-state index is 0.195. The summed E-state index contributed by atoms with van der Waals surface area (Å²) in [6, 6.07) is 18.6. The Balaban J connectivity index is 2.06. The van der Waals surface area contributed by atoms with Crippen molar-refractivity contribution in [2.45, 2.75) is 10.9 Å². The van der Waals surface area contributed by atoms with Crippen molar-refractivity contribution in [2.24, 2.45) is 0 Å². The largest absolute Gasteiger partial charge is 0.373 e. The van der Waals surface area contributed by atoms with Crippen LogP contribution in [0.2, 0.25) is 0 Å². The number of hydrogen-bond donors (Lipinski definition) is 1. The summed E-state index contributed by atoms with van der Waals surface area (Å²) < 4.78 is 24.7. The normalized spacial score (nSPS) is 12.6. The minimum atomic E-state index is -3.27. The number of nitrogens with one attached hydrogen (secondary N) is 1. The smallest absolute Gasteiger partial charge is 0.175 e. The van der Waals surface area contributed by atoms with Crippen molar-refractivity contribution in [3.63, 3.8) is 0 Å². The monoisotopic (exact) mass is 416 g/mol. The third-order valence-corrected chi connectivity index (χ3v) is 5.31. The summed E-state index contributed by atoms with van der Waals surface area (Å²) in [5.41, 5.74) is 2.75. The van der Waals surface area contributed by atoms with Gasteiger partial charge in [0.2, 0.25) is 0 Å². The molecule has 0 saturated carbocycles. The van der Waals surface area contributed by atoms with E-state index in [1.165, 1.54) is 6.26 Å². The number of benzene rings is 2. The fraction of sp³-hybridized carbons (Fsp3) is 0.105. The highest BCUT2D eigenvalue weighted by Crippen LogP contribution is 2.28. The van der Waals surface area contributed by atoms with Gasteiger partial charge in [-0.05, 0) is 45.3 Å². The van der Waals surface area contributed by atoms with Gasteiger partial charge in [0.05, 0.1) is 22.8 Å². The molecule has 1 aromatic heterocycles. The van der Waals surface area contributed by atoms with E-state index in [0.29, 0.717) is 4.90 Å².